The van der Waals surface area contributed by atoms with Crippen molar-refractivity contribution in [3.63, 3.8) is 0 Å². The van der Waals surface area contributed by atoms with Crippen molar-refractivity contribution in [1.82, 2.24) is 0 Å². The van der Waals surface area contributed by atoms with Crippen molar-refractivity contribution in [2.75, 3.05) is 11.5 Å². The number of carbonyl (C=O) groups excluding carboxylic acids is 4. The van der Waals surface area contributed by atoms with Gasteiger partial charge in [0.2, 0.25) is 11.6 Å². The summed E-state index contributed by atoms with van der Waals surface area (Å²) >= 11 is 16.4. The molecule has 0 atom stereocenters. The van der Waals surface area contributed by atoms with Gasteiger partial charge in [-0.15, -0.1) is 23.5 Å². The number of carbonyl (C=O) groups is 4. The number of oxime groups is 2. The highest BCUT2D eigenvalue weighted by molar-refractivity contribution is 7.99. The molecule has 0 radical (unpaired) electrons. The molecule has 252 valence electrons. The summed E-state index contributed by atoms with van der Waals surface area (Å²) in [6, 6.07) is 28.7. The summed E-state index contributed by atoms with van der Waals surface area (Å²) in [6.45, 7) is 2.45. The first kappa shape index (κ1) is 37.9. The van der Waals surface area contributed by atoms with Crippen LogP contribution in [-0.4, -0.2) is 46.4 Å². The molecule has 0 saturated carbocycles. The molecule has 8 nitrogen and oxygen atoms in total. The van der Waals surface area contributed by atoms with Crippen LogP contribution in [0.5, 0.6) is 0 Å². The summed E-state index contributed by atoms with van der Waals surface area (Å²) in [5.41, 5.74) is 1.08. The predicted octanol–water partition coefficient (Wildman–Crippen LogP) is 9.71. The van der Waals surface area contributed by atoms with E-state index in [0.717, 1.165) is 19.6 Å². The molecule has 0 aliphatic heterocycles. The third-order valence-electron chi connectivity index (χ3n) is 6.40. The molecule has 0 fully saturated rings. The molecule has 0 aliphatic carbocycles. The number of rotatable bonds is 16. The Morgan fingerprint density at radius 2 is 0.857 bits per heavy atom. The smallest absolute Gasteiger partial charge is 0.318 e. The number of hydrogen-bond acceptors (Lipinski definition) is 11. The Hall–Kier alpha value is -3.87. The van der Waals surface area contributed by atoms with Crippen LogP contribution in [0.15, 0.2) is 127 Å². The maximum atomic E-state index is 13.3. The summed E-state index contributed by atoms with van der Waals surface area (Å²) in [6.07, 6.45) is 0.574. The maximum Gasteiger partial charge on any atom is 0.331 e. The Bertz CT molecular complexity index is 1700. The zero-order valence-corrected chi connectivity index (χ0v) is 30.4. The van der Waals surface area contributed by atoms with Gasteiger partial charge in [-0.3, -0.25) is 9.59 Å². The molecule has 0 aromatic heterocycles. The summed E-state index contributed by atoms with van der Waals surface area (Å²) in [5.74, 6) is -0.823. The zero-order valence-electron chi connectivity index (χ0n) is 26.4. The molecule has 4 aromatic rings. The number of Topliss-reactive ketones (excluding diaryl/α,β-unsaturated/α-hetero) is 2. The van der Waals surface area contributed by atoms with E-state index < -0.39 is 11.9 Å². The molecule has 0 amide bonds. The summed E-state index contributed by atoms with van der Waals surface area (Å²) in [4.78, 5) is 62.7. The predicted molar refractivity (Wildman–Crippen MR) is 198 cm³/mol. The quantitative estimate of drug-likeness (QED) is 0.0363. The van der Waals surface area contributed by atoms with Crippen LogP contribution < -0.4 is 0 Å². The second-order valence-electron chi connectivity index (χ2n) is 10.2. The Morgan fingerprint density at radius 3 is 1.18 bits per heavy atom. The zero-order chi connectivity index (χ0) is 35.2. The summed E-state index contributed by atoms with van der Waals surface area (Å²) < 4.78 is 0. The Morgan fingerprint density at radius 1 is 0.531 bits per heavy atom. The fraction of sp³-hybridized carbons (Fsp3) is 0.167. The number of halogens is 2. The highest BCUT2D eigenvalue weighted by atomic mass is 35.5. The van der Waals surface area contributed by atoms with Crippen LogP contribution >= 0.6 is 58.5 Å². The van der Waals surface area contributed by atoms with Crippen molar-refractivity contribution < 1.29 is 28.9 Å². The topological polar surface area (TPSA) is 111 Å². The van der Waals surface area contributed by atoms with Crippen molar-refractivity contribution in [3.05, 3.63) is 118 Å². The lowest BCUT2D eigenvalue weighted by atomic mass is 10.1. The third-order valence-corrected chi connectivity index (χ3v) is 9.95. The lowest BCUT2D eigenvalue weighted by molar-refractivity contribution is -0.141. The van der Waals surface area contributed by atoms with Gasteiger partial charge in [0.15, 0.2) is 0 Å². The van der Waals surface area contributed by atoms with E-state index in [9.17, 15) is 19.2 Å². The molecule has 0 saturated heterocycles. The Balaban J connectivity index is 1.37. The maximum absolute atomic E-state index is 13.3. The van der Waals surface area contributed by atoms with Gasteiger partial charge in [-0.25, -0.2) is 9.59 Å². The minimum absolute atomic E-state index is 0.137. The summed E-state index contributed by atoms with van der Waals surface area (Å²) in [7, 11) is 0. The third kappa shape index (κ3) is 12.8. The van der Waals surface area contributed by atoms with Gasteiger partial charge in [-0.2, -0.15) is 0 Å². The molecule has 0 N–H and O–H groups in total. The van der Waals surface area contributed by atoms with Gasteiger partial charge in [0.05, 0.1) is 0 Å². The van der Waals surface area contributed by atoms with Crippen LogP contribution in [0.4, 0.5) is 0 Å². The number of ketones is 2. The molecule has 4 aromatic carbocycles. The van der Waals surface area contributed by atoms with Crippen LogP contribution in [0.2, 0.25) is 10.0 Å². The normalized spacial score (nSPS) is 11.6. The number of benzene rings is 4. The van der Waals surface area contributed by atoms with E-state index in [-0.39, 0.29) is 35.8 Å². The molecule has 13 heteroatoms. The minimum atomic E-state index is -0.615. The van der Waals surface area contributed by atoms with Gasteiger partial charge in [-0.05, 0) is 97.1 Å². The number of thioether (sulfide) groups is 2. The largest absolute Gasteiger partial charge is 0.331 e. The molecule has 0 unspecified atom stereocenters. The van der Waals surface area contributed by atoms with E-state index in [2.05, 4.69) is 10.3 Å². The average Bonchev–Trinajstić information content (AvgIpc) is 3.09. The van der Waals surface area contributed by atoms with Crippen LogP contribution in [0.1, 0.15) is 47.4 Å². The van der Waals surface area contributed by atoms with Gasteiger partial charge >= 0.3 is 11.9 Å². The Labute approximate surface area is 307 Å². The van der Waals surface area contributed by atoms with Crippen molar-refractivity contribution in [1.29, 1.82) is 0 Å². The summed E-state index contributed by atoms with van der Waals surface area (Å²) in [5, 5.41) is 8.95. The molecule has 0 heterocycles. The average molecular weight is 754 g/mol. The molecule has 0 bridgehead atoms. The number of nitrogens with zero attached hydrogens (tertiary/aromatic N) is 2. The van der Waals surface area contributed by atoms with E-state index in [4.69, 9.17) is 32.9 Å². The van der Waals surface area contributed by atoms with E-state index in [1.165, 1.54) is 49.1 Å². The molecule has 0 aliphatic rings. The van der Waals surface area contributed by atoms with E-state index in [1.807, 2.05) is 48.5 Å². The van der Waals surface area contributed by atoms with Crippen LogP contribution in [0.3, 0.4) is 0 Å². The highest BCUT2D eigenvalue weighted by Crippen LogP contribution is 2.29. The fourth-order valence-corrected chi connectivity index (χ4v) is 6.84. The first-order valence-electron chi connectivity index (χ1n) is 14.8. The standard InChI is InChI=1S/C36H30Cl2N2O6S3/c1-23(41)45-39-33(19-21-47-29-15-7-27(37)8-16-29)35(43)25-3-11-31(12-4-25)49-32-13-5-26(6-14-32)36(44)34(40-46-24(2)42)20-22-48-30-17-9-28(38)10-18-30/h3-18H,19-22H2,1-2H3/b39-33+,40-34+. The lowest BCUT2D eigenvalue weighted by Crippen LogP contribution is -2.16. The van der Waals surface area contributed by atoms with E-state index in [0.29, 0.717) is 32.7 Å². The minimum Gasteiger partial charge on any atom is -0.318 e. The van der Waals surface area contributed by atoms with Crippen LogP contribution in [-0.2, 0) is 19.3 Å². The SMILES string of the molecule is CC(=O)O/N=C(\CCSc1ccc(Cl)cc1)C(=O)c1ccc(Sc2ccc(C(=O)/C(CCSc3ccc(Cl)cc3)=N/OC(C)=O)cc2)cc1. The monoisotopic (exact) mass is 752 g/mol. The second kappa shape index (κ2) is 19.4. The molecular formula is C36H30Cl2N2O6S3. The van der Waals surface area contributed by atoms with Crippen LogP contribution in [0, 0.1) is 0 Å². The number of hydrogen-bond donors (Lipinski definition) is 0. The molecule has 49 heavy (non-hydrogen) atoms. The van der Waals surface area contributed by atoms with Gasteiger partial charge in [0, 0.05) is 78.9 Å². The molecular weight excluding hydrogens is 724 g/mol. The van der Waals surface area contributed by atoms with Gasteiger partial charge < -0.3 is 9.68 Å². The van der Waals surface area contributed by atoms with Crippen LogP contribution in [0.25, 0.3) is 0 Å². The van der Waals surface area contributed by atoms with Crippen molar-refractivity contribution in [2.45, 2.75) is 46.3 Å². The lowest BCUT2D eigenvalue weighted by Gasteiger charge is -2.08. The van der Waals surface area contributed by atoms with E-state index >= 15 is 0 Å². The van der Waals surface area contributed by atoms with Gasteiger partial charge in [0.1, 0.15) is 11.4 Å². The Kier molecular flexibility index (Phi) is 15.0. The first-order chi connectivity index (χ1) is 23.6. The second-order valence-corrected chi connectivity index (χ2v) is 14.5. The van der Waals surface area contributed by atoms with Crippen molar-refractivity contribution in [3.8, 4) is 0 Å². The van der Waals surface area contributed by atoms with Gasteiger partial charge in [-0.1, -0.05) is 45.3 Å². The van der Waals surface area contributed by atoms with Crippen molar-refractivity contribution >= 4 is 93.4 Å². The fourth-order valence-electron chi connectivity index (χ4n) is 4.05. The van der Waals surface area contributed by atoms with Crippen molar-refractivity contribution in [2.24, 2.45) is 10.3 Å². The van der Waals surface area contributed by atoms with Gasteiger partial charge in [0.25, 0.3) is 0 Å². The molecule has 0 spiro atoms. The molecule has 4 rings (SSSR count). The van der Waals surface area contributed by atoms with E-state index in [1.54, 1.807) is 48.5 Å². The highest BCUT2D eigenvalue weighted by Gasteiger charge is 2.18. The first-order valence-corrected chi connectivity index (χ1v) is 18.3.